The van der Waals surface area contributed by atoms with Gasteiger partial charge in [-0.15, -0.1) is 11.3 Å². The van der Waals surface area contributed by atoms with Crippen LogP contribution in [0.1, 0.15) is 37.0 Å². The van der Waals surface area contributed by atoms with Crippen LogP contribution in [-0.2, 0) is 16.0 Å². The lowest BCUT2D eigenvalue weighted by Gasteiger charge is -2.25. The number of amides is 2. The lowest BCUT2D eigenvalue weighted by molar-refractivity contribution is -0.131. The van der Waals surface area contributed by atoms with Crippen LogP contribution in [0.2, 0.25) is 0 Å². The van der Waals surface area contributed by atoms with Gasteiger partial charge in [0.15, 0.2) is 0 Å². The van der Waals surface area contributed by atoms with Gasteiger partial charge in [0.25, 0.3) is 0 Å². The fourth-order valence-electron chi connectivity index (χ4n) is 3.22. The van der Waals surface area contributed by atoms with Gasteiger partial charge in [0, 0.05) is 30.8 Å². The summed E-state index contributed by atoms with van der Waals surface area (Å²) < 4.78 is 5.44. The van der Waals surface area contributed by atoms with Crippen LogP contribution >= 0.6 is 11.3 Å². The number of nitrogens with one attached hydrogen (secondary N) is 1. The quantitative estimate of drug-likeness (QED) is 0.927. The van der Waals surface area contributed by atoms with Gasteiger partial charge in [-0.1, -0.05) is 6.07 Å². The van der Waals surface area contributed by atoms with Gasteiger partial charge >= 0.3 is 6.09 Å². The van der Waals surface area contributed by atoms with E-state index in [0.717, 1.165) is 38.6 Å². The molecule has 2 aliphatic heterocycles. The summed E-state index contributed by atoms with van der Waals surface area (Å²) in [6.07, 6.45) is 4.62. The van der Waals surface area contributed by atoms with Crippen molar-refractivity contribution in [2.24, 2.45) is 0 Å². The number of ether oxygens (including phenoxy) is 1. The molecule has 0 aliphatic carbocycles. The van der Waals surface area contributed by atoms with Crippen molar-refractivity contribution in [1.82, 2.24) is 10.2 Å². The van der Waals surface area contributed by atoms with Gasteiger partial charge in [-0.05, 0) is 37.1 Å². The van der Waals surface area contributed by atoms with Gasteiger partial charge in [0.05, 0.1) is 6.54 Å². The Balaban J connectivity index is 1.46. The van der Waals surface area contributed by atoms with Gasteiger partial charge in [0.2, 0.25) is 5.91 Å². The minimum atomic E-state index is -0.386. The summed E-state index contributed by atoms with van der Waals surface area (Å²) in [4.78, 5) is 26.9. The molecule has 3 heterocycles. The Bertz CT molecular complexity index is 532. The first-order chi connectivity index (χ1) is 10.7. The molecule has 1 aromatic heterocycles. The zero-order chi connectivity index (χ0) is 15.4. The topological polar surface area (TPSA) is 58.6 Å². The summed E-state index contributed by atoms with van der Waals surface area (Å²) in [5.41, 5.74) is -0.386. The van der Waals surface area contributed by atoms with Crippen LogP contribution in [0.5, 0.6) is 0 Å². The predicted octanol–water partition coefficient (Wildman–Crippen LogP) is 2.56. The first-order valence-corrected chi connectivity index (χ1v) is 8.82. The third kappa shape index (κ3) is 3.61. The second kappa shape index (κ2) is 6.69. The first-order valence-electron chi connectivity index (χ1n) is 7.94. The molecule has 1 spiro atoms. The fraction of sp³-hybridized carbons (Fsp3) is 0.625. The Morgan fingerprint density at radius 1 is 1.41 bits per heavy atom. The van der Waals surface area contributed by atoms with E-state index >= 15 is 0 Å². The van der Waals surface area contributed by atoms with E-state index in [-0.39, 0.29) is 17.6 Å². The standard InChI is InChI=1S/C16H22N2O3S/c19-14(6-1-4-13-5-2-11-22-13)18-9-3-7-16(8-10-18)12-17-15(20)21-16/h2,5,11H,1,3-4,6-10,12H2,(H,17,20)/t16-/m0/s1. The van der Waals surface area contributed by atoms with Crippen molar-refractivity contribution in [3.8, 4) is 0 Å². The van der Waals surface area contributed by atoms with Crippen molar-refractivity contribution in [3.05, 3.63) is 22.4 Å². The minimum Gasteiger partial charge on any atom is -0.441 e. The average Bonchev–Trinajstić information content (AvgIpc) is 3.07. The van der Waals surface area contributed by atoms with Crippen molar-refractivity contribution in [2.75, 3.05) is 19.6 Å². The van der Waals surface area contributed by atoms with Crippen molar-refractivity contribution >= 4 is 23.3 Å². The molecule has 2 aliphatic rings. The molecule has 6 heteroatoms. The zero-order valence-electron chi connectivity index (χ0n) is 12.7. The molecule has 0 unspecified atom stereocenters. The number of thiophene rings is 1. The Kier molecular flexibility index (Phi) is 4.66. The molecule has 5 nitrogen and oxygen atoms in total. The molecule has 2 fully saturated rings. The molecule has 0 aromatic carbocycles. The fourth-order valence-corrected chi connectivity index (χ4v) is 3.98. The number of alkyl carbamates (subject to hydrolysis) is 1. The number of likely N-dealkylation sites (tertiary alicyclic amines) is 1. The SMILES string of the molecule is O=C1NC[C@@]2(CCCN(C(=O)CCCc3cccs3)CC2)O1. The minimum absolute atomic E-state index is 0.228. The van der Waals surface area contributed by atoms with Crippen LogP contribution in [0.25, 0.3) is 0 Å². The molecule has 3 rings (SSSR count). The third-order valence-electron chi connectivity index (χ3n) is 4.51. The molecule has 120 valence electrons. The van der Waals surface area contributed by atoms with Gasteiger partial charge in [-0.2, -0.15) is 0 Å². The molecule has 22 heavy (non-hydrogen) atoms. The summed E-state index contributed by atoms with van der Waals surface area (Å²) in [5.74, 6) is 0.228. The molecule has 0 saturated carbocycles. The van der Waals surface area contributed by atoms with E-state index in [4.69, 9.17) is 4.74 Å². The Hall–Kier alpha value is -1.56. The molecule has 2 saturated heterocycles. The molecule has 1 atom stereocenters. The maximum absolute atomic E-state index is 12.4. The lowest BCUT2D eigenvalue weighted by Crippen LogP contribution is -2.36. The van der Waals surface area contributed by atoms with E-state index in [0.29, 0.717) is 19.5 Å². The third-order valence-corrected chi connectivity index (χ3v) is 5.44. The van der Waals surface area contributed by atoms with Gasteiger partial charge in [-0.3, -0.25) is 4.79 Å². The molecule has 1 aromatic rings. The number of aryl methyl sites for hydroxylation is 1. The van der Waals surface area contributed by atoms with E-state index in [1.807, 2.05) is 11.0 Å². The summed E-state index contributed by atoms with van der Waals surface area (Å²) in [6, 6.07) is 4.17. The number of rotatable bonds is 4. The highest BCUT2D eigenvalue weighted by Gasteiger charge is 2.41. The van der Waals surface area contributed by atoms with Crippen LogP contribution in [0.4, 0.5) is 4.79 Å². The highest BCUT2D eigenvalue weighted by atomic mass is 32.1. The average molecular weight is 322 g/mol. The molecule has 0 bridgehead atoms. The molecular weight excluding hydrogens is 300 g/mol. The molecule has 1 N–H and O–H groups in total. The first kappa shape index (κ1) is 15.3. The Morgan fingerprint density at radius 3 is 3.05 bits per heavy atom. The van der Waals surface area contributed by atoms with E-state index in [1.54, 1.807) is 11.3 Å². The zero-order valence-corrected chi connectivity index (χ0v) is 13.5. The van der Waals surface area contributed by atoms with Gasteiger partial charge in [-0.25, -0.2) is 4.79 Å². The summed E-state index contributed by atoms with van der Waals surface area (Å²) in [5, 5.41) is 4.81. The molecule has 2 amide bonds. The maximum atomic E-state index is 12.4. The van der Waals surface area contributed by atoms with E-state index in [2.05, 4.69) is 16.8 Å². The highest BCUT2D eigenvalue weighted by Crippen LogP contribution is 2.29. The van der Waals surface area contributed by atoms with Crippen LogP contribution in [0.3, 0.4) is 0 Å². The smallest absolute Gasteiger partial charge is 0.407 e. The monoisotopic (exact) mass is 322 g/mol. The number of carbonyl (C=O) groups is 2. The van der Waals surface area contributed by atoms with E-state index < -0.39 is 0 Å². The molecule has 0 radical (unpaired) electrons. The van der Waals surface area contributed by atoms with Crippen molar-refractivity contribution in [3.63, 3.8) is 0 Å². The summed E-state index contributed by atoms with van der Waals surface area (Å²) in [7, 11) is 0. The van der Waals surface area contributed by atoms with Crippen molar-refractivity contribution in [2.45, 2.75) is 44.1 Å². The Morgan fingerprint density at radius 2 is 2.32 bits per heavy atom. The largest absolute Gasteiger partial charge is 0.441 e. The summed E-state index contributed by atoms with van der Waals surface area (Å²) >= 11 is 1.75. The number of hydrogen-bond donors (Lipinski definition) is 1. The molecular formula is C16H22N2O3S. The highest BCUT2D eigenvalue weighted by molar-refractivity contribution is 7.09. The van der Waals surface area contributed by atoms with E-state index in [1.165, 1.54) is 4.88 Å². The normalized spacial score (nSPS) is 24.9. The van der Waals surface area contributed by atoms with Crippen molar-refractivity contribution in [1.29, 1.82) is 0 Å². The van der Waals surface area contributed by atoms with Crippen LogP contribution in [0.15, 0.2) is 17.5 Å². The number of nitrogens with zero attached hydrogens (tertiary/aromatic N) is 1. The van der Waals surface area contributed by atoms with Crippen LogP contribution in [-0.4, -0.2) is 42.1 Å². The predicted molar refractivity (Wildman–Crippen MR) is 84.9 cm³/mol. The van der Waals surface area contributed by atoms with Crippen molar-refractivity contribution < 1.29 is 14.3 Å². The Labute approximate surface area is 134 Å². The number of hydrogen-bond acceptors (Lipinski definition) is 4. The second-order valence-corrected chi connectivity index (χ2v) is 7.13. The van der Waals surface area contributed by atoms with E-state index in [9.17, 15) is 9.59 Å². The maximum Gasteiger partial charge on any atom is 0.407 e. The number of carbonyl (C=O) groups excluding carboxylic acids is 2. The summed E-state index contributed by atoms with van der Waals surface area (Å²) in [6.45, 7) is 2.04. The van der Waals surface area contributed by atoms with Gasteiger partial charge < -0.3 is 15.0 Å². The van der Waals surface area contributed by atoms with Crippen LogP contribution in [0, 0.1) is 0 Å². The van der Waals surface area contributed by atoms with Gasteiger partial charge in [0.1, 0.15) is 5.60 Å². The lowest BCUT2D eigenvalue weighted by atomic mass is 9.95. The van der Waals surface area contributed by atoms with Crippen LogP contribution < -0.4 is 5.32 Å². The second-order valence-electron chi connectivity index (χ2n) is 6.09.